The average molecular weight is 296 g/mol. The minimum absolute atomic E-state index is 0.219. The van der Waals surface area contributed by atoms with Crippen molar-refractivity contribution < 1.29 is 9.21 Å². The van der Waals surface area contributed by atoms with Gasteiger partial charge < -0.3 is 8.98 Å². The number of aryl methyl sites for hydroxylation is 1. The molecule has 0 fully saturated rings. The van der Waals surface area contributed by atoms with E-state index in [1.165, 1.54) is 17.6 Å². The lowest BCUT2D eigenvalue weighted by atomic mass is 10.2. The van der Waals surface area contributed by atoms with Crippen LogP contribution in [0.1, 0.15) is 16.1 Å². The number of amides is 1. The first-order valence-corrected chi connectivity index (χ1v) is 7.17. The molecule has 0 radical (unpaired) electrons. The molecule has 1 amide bonds. The van der Waals surface area contributed by atoms with Crippen LogP contribution in [0.2, 0.25) is 0 Å². The zero-order chi connectivity index (χ0) is 14.8. The molecule has 3 aromatic rings. The third kappa shape index (κ3) is 2.41. The maximum absolute atomic E-state index is 12.1. The second-order valence-corrected chi connectivity index (χ2v) is 5.50. The Morgan fingerprint density at radius 2 is 2.29 bits per heavy atom. The Hall–Kier alpha value is -2.58. The molecule has 0 aliphatic rings. The zero-order valence-corrected chi connectivity index (χ0v) is 12.2. The van der Waals surface area contributed by atoms with Crippen LogP contribution in [0.4, 0.5) is 0 Å². The molecule has 2 heterocycles. The number of furan rings is 1. The molecule has 1 aromatic carbocycles. The van der Waals surface area contributed by atoms with Crippen molar-refractivity contribution in [2.75, 3.05) is 0 Å². The Labute approximate surface area is 125 Å². The lowest BCUT2D eigenvalue weighted by Crippen LogP contribution is -2.16. The van der Waals surface area contributed by atoms with Gasteiger partial charge in [-0.2, -0.15) is 4.99 Å². The number of carbonyl (C=O) groups excluding carboxylic acids is 1. The number of thiazole rings is 1. The molecule has 3 rings (SSSR count). The van der Waals surface area contributed by atoms with Gasteiger partial charge in [-0.05, 0) is 30.7 Å². The number of fused-ring (bicyclic) bond motifs is 1. The van der Waals surface area contributed by atoms with Gasteiger partial charge in [0.1, 0.15) is 0 Å². The third-order valence-corrected chi connectivity index (χ3v) is 4.12. The van der Waals surface area contributed by atoms with Crippen LogP contribution in [0.25, 0.3) is 10.2 Å². The summed E-state index contributed by atoms with van der Waals surface area (Å²) in [4.78, 5) is 16.8. The highest BCUT2D eigenvalue weighted by Crippen LogP contribution is 2.20. The second-order valence-electron chi connectivity index (χ2n) is 4.49. The van der Waals surface area contributed by atoms with E-state index in [2.05, 4.69) is 10.9 Å². The molecule has 0 aliphatic carbocycles. The maximum atomic E-state index is 12.1. The van der Waals surface area contributed by atoms with E-state index in [9.17, 15) is 4.79 Å². The van der Waals surface area contributed by atoms with Crippen LogP contribution < -0.4 is 4.80 Å². The predicted octanol–water partition coefficient (Wildman–Crippen LogP) is 2.98. The van der Waals surface area contributed by atoms with Gasteiger partial charge in [-0.1, -0.05) is 29.4 Å². The molecule has 0 spiro atoms. The van der Waals surface area contributed by atoms with Crippen molar-refractivity contribution in [1.82, 2.24) is 4.57 Å². The zero-order valence-electron chi connectivity index (χ0n) is 11.4. The molecule has 0 atom stereocenters. The summed E-state index contributed by atoms with van der Waals surface area (Å²) in [5.74, 6) is 2.42. The van der Waals surface area contributed by atoms with Crippen molar-refractivity contribution in [1.29, 1.82) is 0 Å². The molecular formula is C16H12N2O2S. The molecule has 0 aliphatic heterocycles. The smallest absolute Gasteiger partial charge is 0.315 e. The van der Waals surface area contributed by atoms with E-state index in [1.807, 2.05) is 29.7 Å². The largest absolute Gasteiger partial charge is 0.459 e. The topological polar surface area (TPSA) is 47.5 Å². The van der Waals surface area contributed by atoms with Crippen molar-refractivity contribution in [3.8, 4) is 12.3 Å². The number of para-hydroxylation sites is 1. The number of benzene rings is 1. The molecule has 0 bridgehead atoms. The number of terminal acetylenes is 1. The molecule has 104 valence electrons. The van der Waals surface area contributed by atoms with E-state index in [-0.39, 0.29) is 5.76 Å². The van der Waals surface area contributed by atoms with Gasteiger partial charge in [0.25, 0.3) is 0 Å². The van der Waals surface area contributed by atoms with Crippen molar-refractivity contribution >= 4 is 27.5 Å². The minimum atomic E-state index is -0.407. The van der Waals surface area contributed by atoms with Crippen LogP contribution >= 0.6 is 11.3 Å². The molecule has 0 saturated carbocycles. The fourth-order valence-electron chi connectivity index (χ4n) is 2.17. The van der Waals surface area contributed by atoms with Crippen molar-refractivity contribution in [3.63, 3.8) is 0 Å². The summed E-state index contributed by atoms with van der Waals surface area (Å²) in [5.41, 5.74) is 2.12. The Kier molecular flexibility index (Phi) is 3.46. The Bertz CT molecular complexity index is 908. The van der Waals surface area contributed by atoms with Crippen molar-refractivity contribution in [2.24, 2.45) is 4.99 Å². The number of aromatic nitrogens is 1. The lowest BCUT2D eigenvalue weighted by molar-refractivity contribution is 0.0971. The molecule has 2 aromatic heterocycles. The molecule has 0 N–H and O–H groups in total. The Morgan fingerprint density at radius 1 is 1.43 bits per heavy atom. The Morgan fingerprint density at radius 3 is 3.00 bits per heavy atom. The van der Waals surface area contributed by atoms with Gasteiger partial charge in [0.05, 0.1) is 23.0 Å². The van der Waals surface area contributed by atoms with Gasteiger partial charge in [0, 0.05) is 0 Å². The lowest BCUT2D eigenvalue weighted by Gasteiger charge is -2.02. The van der Waals surface area contributed by atoms with Crippen LogP contribution in [-0.4, -0.2) is 10.5 Å². The normalized spacial score (nSPS) is 11.7. The fraction of sp³-hybridized carbons (Fsp3) is 0.125. The summed E-state index contributed by atoms with van der Waals surface area (Å²) < 4.78 is 8.01. The number of rotatable bonds is 2. The monoisotopic (exact) mass is 296 g/mol. The van der Waals surface area contributed by atoms with Crippen LogP contribution in [0, 0.1) is 19.3 Å². The van der Waals surface area contributed by atoms with Gasteiger partial charge >= 0.3 is 5.91 Å². The first kappa shape index (κ1) is 13.4. The highest BCUT2D eigenvalue weighted by molar-refractivity contribution is 7.16. The number of nitrogens with zero attached hydrogens (tertiary/aromatic N) is 2. The van der Waals surface area contributed by atoms with Crippen LogP contribution in [0.15, 0.2) is 46.0 Å². The number of hydrogen-bond acceptors (Lipinski definition) is 3. The van der Waals surface area contributed by atoms with Crippen LogP contribution in [0.3, 0.4) is 0 Å². The van der Waals surface area contributed by atoms with Gasteiger partial charge in [-0.15, -0.1) is 6.42 Å². The number of carbonyl (C=O) groups is 1. The summed E-state index contributed by atoms with van der Waals surface area (Å²) in [7, 11) is 0. The minimum Gasteiger partial charge on any atom is -0.459 e. The summed E-state index contributed by atoms with van der Waals surface area (Å²) >= 11 is 1.44. The van der Waals surface area contributed by atoms with E-state index < -0.39 is 5.91 Å². The summed E-state index contributed by atoms with van der Waals surface area (Å²) in [6.07, 6.45) is 6.90. The maximum Gasteiger partial charge on any atom is 0.315 e. The third-order valence-electron chi connectivity index (χ3n) is 3.08. The standard InChI is InChI=1S/C16H12N2O2S/c1-3-9-18-14-11(2)6-4-8-13(14)21-16(18)17-15(19)12-7-5-10-20-12/h1,4-8,10H,9H2,2H3. The molecule has 21 heavy (non-hydrogen) atoms. The van der Waals surface area contributed by atoms with Crippen LogP contribution in [0.5, 0.6) is 0 Å². The first-order valence-electron chi connectivity index (χ1n) is 6.35. The summed E-state index contributed by atoms with van der Waals surface area (Å²) in [6, 6.07) is 9.24. The second kappa shape index (κ2) is 5.43. The highest BCUT2D eigenvalue weighted by Gasteiger charge is 2.11. The van der Waals surface area contributed by atoms with Gasteiger partial charge in [-0.3, -0.25) is 4.79 Å². The summed E-state index contributed by atoms with van der Waals surface area (Å²) in [6.45, 7) is 2.38. The average Bonchev–Trinajstić information content (AvgIpc) is 3.09. The van der Waals surface area contributed by atoms with Gasteiger partial charge in [0.2, 0.25) is 0 Å². The fourth-order valence-corrected chi connectivity index (χ4v) is 3.28. The van der Waals surface area contributed by atoms with Crippen LogP contribution in [-0.2, 0) is 6.54 Å². The van der Waals surface area contributed by atoms with E-state index in [0.717, 1.165) is 15.8 Å². The van der Waals surface area contributed by atoms with Crippen molar-refractivity contribution in [2.45, 2.75) is 13.5 Å². The van der Waals surface area contributed by atoms with E-state index in [4.69, 9.17) is 10.8 Å². The SMILES string of the molecule is C#CCn1c(=NC(=O)c2ccco2)sc2cccc(C)c21. The predicted molar refractivity (Wildman–Crippen MR) is 82.0 cm³/mol. The molecule has 0 unspecified atom stereocenters. The Balaban J connectivity index is 2.23. The van der Waals surface area contributed by atoms with E-state index >= 15 is 0 Å². The number of hydrogen-bond donors (Lipinski definition) is 0. The molecule has 5 heteroatoms. The first-order chi connectivity index (χ1) is 10.2. The van der Waals surface area contributed by atoms with E-state index in [0.29, 0.717) is 11.3 Å². The highest BCUT2D eigenvalue weighted by atomic mass is 32.1. The quantitative estimate of drug-likeness (QED) is 0.683. The van der Waals surface area contributed by atoms with Gasteiger partial charge in [0.15, 0.2) is 10.6 Å². The van der Waals surface area contributed by atoms with Gasteiger partial charge in [-0.25, -0.2) is 0 Å². The van der Waals surface area contributed by atoms with E-state index in [1.54, 1.807) is 12.1 Å². The molecular weight excluding hydrogens is 284 g/mol. The summed E-state index contributed by atoms with van der Waals surface area (Å²) in [5, 5.41) is 0. The molecule has 4 nitrogen and oxygen atoms in total. The van der Waals surface area contributed by atoms with Crippen molar-refractivity contribution in [3.05, 3.63) is 52.7 Å². The molecule has 0 saturated heterocycles.